The summed E-state index contributed by atoms with van der Waals surface area (Å²) in [5, 5.41) is 0. The van der Waals surface area contributed by atoms with Gasteiger partial charge in [-0.3, -0.25) is 4.57 Å². The van der Waals surface area contributed by atoms with Crippen LogP contribution in [0.15, 0.2) is 42.5 Å². The molecule has 0 aliphatic heterocycles. The second-order valence-corrected chi connectivity index (χ2v) is 5.47. The van der Waals surface area contributed by atoms with E-state index in [2.05, 4.69) is 51.8 Å². The van der Waals surface area contributed by atoms with Gasteiger partial charge in [0.1, 0.15) is 0 Å². The van der Waals surface area contributed by atoms with E-state index in [1.807, 2.05) is 29.7 Å². The molecule has 90 valence electrons. The van der Waals surface area contributed by atoms with Gasteiger partial charge in [-0.15, -0.1) is 0 Å². The second kappa shape index (κ2) is 4.28. The number of benzene rings is 2. The number of aromatic nitrogens is 2. The first-order valence-corrected chi connectivity index (χ1v) is 6.74. The van der Waals surface area contributed by atoms with Crippen LogP contribution in [-0.2, 0) is 0 Å². The Morgan fingerprint density at radius 1 is 1.11 bits per heavy atom. The summed E-state index contributed by atoms with van der Waals surface area (Å²) in [6.07, 6.45) is 0. The third-order valence-corrected chi connectivity index (χ3v) is 3.72. The lowest BCUT2D eigenvalue weighted by Crippen LogP contribution is -2.00. The Morgan fingerprint density at radius 3 is 2.56 bits per heavy atom. The molecule has 18 heavy (non-hydrogen) atoms. The van der Waals surface area contributed by atoms with Crippen LogP contribution in [-0.4, -0.2) is 9.55 Å². The molecule has 0 amide bonds. The van der Waals surface area contributed by atoms with Crippen molar-refractivity contribution in [2.24, 2.45) is 0 Å². The number of anilines is 1. The van der Waals surface area contributed by atoms with E-state index in [0.29, 0.717) is 5.95 Å². The zero-order chi connectivity index (χ0) is 12.7. The van der Waals surface area contributed by atoms with Gasteiger partial charge in [-0.05, 0) is 65.4 Å². The van der Waals surface area contributed by atoms with Crippen molar-refractivity contribution in [1.29, 1.82) is 0 Å². The lowest BCUT2D eigenvalue weighted by atomic mass is 10.2. The lowest BCUT2D eigenvalue weighted by molar-refractivity contribution is 1.11. The molecule has 1 heterocycles. The minimum atomic E-state index is 0.528. The number of hydrogen-bond acceptors (Lipinski definition) is 2. The highest BCUT2D eigenvalue weighted by Crippen LogP contribution is 2.25. The van der Waals surface area contributed by atoms with Crippen molar-refractivity contribution < 1.29 is 0 Å². The van der Waals surface area contributed by atoms with Gasteiger partial charge in [0.2, 0.25) is 5.95 Å². The van der Waals surface area contributed by atoms with E-state index in [1.165, 1.54) is 3.57 Å². The van der Waals surface area contributed by atoms with Crippen LogP contribution in [0, 0.1) is 10.5 Å². The molecule has 0 aliphatic rings. The van der Waals surface area contributed by atoms with E-state index in [9.17, 15) is 0 Å². The Labute approximate surface area is 119 Å². The highest BCUT2D eigenvalue weighted by Gasteiger charge is 2.10. The summed E-state index contributed by atoms with van der Waals surface area (Å²) in [6, 6.07) is 14.4. The highest BCUT2D eigenvalue weighted by atomic mass is 127. The number of nitrogen functional groups attached to an aromatic ring is 1. The first kappa shape index (κ1) is 11.5. The van der Waals surface area contributed by atoms with Crippen molar-refractivity contribution in [3.05, 3.63) is 51.6 Å². The summed E-state index contributed by atoms with van der Waals surface area (Å²) in [5.74, 6) is 0.528. The Balaban J connectivity index is 2.32. The van der Waals surface area contributed by atoms with Crippen LogP contribution in [0.5, 0.6) is 0 Å². The largest absolute Gasteiger partial charge is 0.369 e. The third-order valence-electron chi connectivity index (χ3n) is 3.00. The zero-order valence-corrected chi connectivity index (χ0v) is 12.0. The molecule has 4 heteroatoms. The van der Waals surface area contributed by atoms with Gasteiger partial charge in [-0.25, -0.2) is 4.98 Å². The summed E-state index contributed by atoms with van der Waals surface area (Å²) in [6.45, 7) is 2.05. The van der Waals surface area contributed by atoms with Crippen LogP contribution in [0.25, 0.3) is 16.7 Å². The van der Waals surface area contributed by atoms with E-state index in [1.54, 1.807) is 0 Å². The Hall–Kier alpha value is -1.56. The Morgan fingerprint density at radius 2 is 1.83 bits per heavy atom. The predicted octanol–water partition coefficient (Wildman–Crippen LogP) is 3.52. The highest BCUT2D eigenvalue weighted by molar-refractivity contribution is 14.1. The average molecular weight is 349 g/mol. The molecule has 0 radical (unpaired) electrons. The van der Waals surface area contributed by atoms with Crippen molar-refractivity contribution in [1.82, 2.24) is 9.55 Å². The fourth-order valence-electron chi connectivity index (χ4n) is 2.12. The van der Waals surface area contributed by atoms with Gasteiger partial charge >= 0.3 is 0 Å². The number of imidazole rings is 1. The maximum atomic E-state index is 6.04. The maximum Gasteiger partial charge on any atom is 0.205 e. The Kier molecular flexibility index (Phi) is 2.74. The number of halogens is 1. The number of para-hydroxylation sites is 1. The number of hydrogen-bond donors (Lipinski definition) is 1. The fourth-order valence-corrected chi connectivity index (χ4v) is 2.48. The maximum absolute atomic E-state index is 6.04. The van der Waals surface area contributed by atoms with Gasteiger partial charge in [0.25, 0.3) is 0 Å². The molecule has 3 nitrogen and oxygen atoms in total. The number of nitrogens with two attached hydrogens (primary N) is 1. The van der Waals surface area contributed by atoms with Crippen LogP contribution in [0.2, 0.25) is 0 Å². The van der Waals surface area contributed by atoms with Gasteiger partial charge in [-0.1, -0.05) is 12.1 Å². The number of aryl methyl sites for hydroxylation is 1. The van der Waals surface area contributed by atoms with Crippen molar-refractivity contribution in [2.75, 3.05) is 5.73 Å². The summed E-state index contributed by atoms with van der Waals surface area (Å²) in [4.78, 5) is 4.45. The number of nitrogens with zero attached hydrogens (tertiary/aromatic N) is 2. The zero-order valence-electron chi connectivity index (χ0n) is 9.89. The van der Waals surface area contributed by atoms with Gasteiger partial charge in [0.15, 0.2) is 0 Å². The van der Waals surface area contributed by atoms with E-state index in [4.69, 9.17) is 5.73 Å². The van der Waals surface area contributed by atoms with Crippen molar-refractivity contribution in [3.8, 4) is 5.69 Å². The molecule has 0 saturated carbocycles. The average Bonchev–Trinajstić information content (AvgIpc) is 2.69. The van der Waals surface area contributed by atoms with Gasteiger partial charge < -0.3 is 5.73 Å². The second-order valence-electron chi connectivity index (χ2n) is 4.22. The molecule has 0 unspecified atom stereocenters. The van der Waals surface area contributed by atoms with Crippen LogP contribution in [0.3, 0.4) is 0 Å². The first-order chi connectivity index (χ1) is 8.66. The molecule has 1 aromatic heterocycles. The summed E-state index contributed by atoms with van der Waals surface area (Å²) in [7, 11) is 0. The molecule has 3 rings (SSSR count). The predicted molar refractivity (Wildman–Crippen MR) is 82.9 cm³/mol. The molecule has 3 aromatic rings. The quantitative estimate of drug-likeness (QED) is 0.683. The van der Waals surface area contributed by atoms with E-state index >= 15 is 0 Å². The monoisotopic (exact) mass is 349 g/mol. The minimum Gasteiger partial charge on any atom is -0.369 e. The minimum absolute atomic E-state index is 0.528. The standard InChI is InChI=1S/C14H12IN3/c1-9-3-2-4-12-13(9)17-14(16)18(12)11-7-5-10(15)6-8-11/h2-8H,1H3,(H2,16,17). The fraction of sp³-hybridized carbons (Fsp3) is 0.0714. The van der Waals surface area contributed by atoms with Gasteiger partial charge in [0.05, 0.1) is 11.0 Å². The normalized spacial score (nSPS) is 11.0. The SMILES string of the molecule is Cc1cccc2c1nc(N)n2-c1ccc(I)cc1. The number of rotatable bonds is 1. The third kappa shape index (κ3) is 1.77. The van der Waals surface area contributed by atoms with Crippen molar-refractivity contribution in [3.63, 3.8) is 0 Å². The molecule has 0 spiro atoms. The van der Waals surface area contributed by atoms with E-state index in [-0.39, 0.29) is 0 Å². The van der Waals surface area contributed by atoms with Crippen molar-refractivity contribution >= 4 is 39.6 Å². The number of fused-ring (bicyclic) bond motifs is 1. The van der Waals surface area contributed by atoms with E-state index < -0.39 is 0 Å². The van der Waals surface area contributed by atoms with Crippen LogP contribution in [0.1, 0.15) is 5.56 Å². The molecular formula is C14H12IN3. The van der Waals surface area contributed by atoms with E-state index in [0.717, 1.165) is 22.3 Å². The molecular weight excluding hydrogens is 337 g/mol. The van der Waals surface area contributed by atoms with Crippen LogP contribution >= 0.6 is 22.6 Å². The lowest BCUT2D eigenvalue weighted by Gasteiger charge is -2.06. The Bertz CT molecular complexity index is 714. The summed E-state index contributed by atoms with van der Waals surface area (Å²) < 4.78 is 3.19. The van der Waals surface area contributed by atoms with Gasteiger partial charge in [0, 0.05) is 9.26 Å². The molecule has 2 N–H and O–H groups in total. The molecule has 0 bridgehead atoms. The topological polar surface area (TPSA) is 43.8 Å². The first-order valence-electron chi connectivity index (χ1n) is 5.66. The molecule has 0 aliphatic carbocycles. The van der Waals surface area contributed by atoms with Gasteiger partial charge in [-0.2, -0.15) is 0 Å². The summed E-state index contributed by atoms with van der Waals surface area (Å²) in [5.41, 5.74) is 10.2. The van der Waals surface area contributed by atoms with Crippen LogP contribution < -0.4 is 5.73 Å². The molecule has 0 atom stereocenters. The van der Waals surface area contributed by atoms with Crippen LogP contribution in [0.4, 0.5) is 5.95 Å². The molecule has 2 aromatic carbocycles. The smallest absolute Gasteiger partial charge is 0.205 e. The molecule has 0 saturated heterocycles. The van der Waals surface area contributed by atoms with Crippen molar-refractivity contribution in [2.45, 2.75) is 6.92 Å². The molecule has 0 fully saturated rings. The summed E-state index contributed by atoms with van der Waals surface area (Å²) >= 11 is 2.29.